The van der Waals surface area contributed by atoms with Gasteiger partial charge >= 0.3 is 6.01 Å². The van der Waals surface area contributed by atoms with E-state index in [0.717, 1.165) is 6.42 Å². The smallest absolute Gasteiger partial charge is 0.322 e. The topological polar surface area (TPSA) is 80.2 Å². The highest BCUT2D eigenvalue weighted by Crippen LogP contribution is 2.15. The number of amides is 1. The number of anilines is 1. The Kier molecular flexibility index (Phi) is 3.58. The van der Waals surface area contributed by atoms with E-state index in [2.05, 4.69) is 20.3 Å². The molecule has 1 saturated heterocycles. The minimum absolute atomic E-state index is 0.0523. The maximum absolute atomic E-state index is 11.4. The van der Waals surface area contributed by atoms with Crippen molar-refractivity contribution in [3.8, 4) is 6.01 Å². The standard InChI is InChI=1S/C9H12ClN5O2/c1-17-9-13-7(10)12-8(14-9)15-4-2-3-11-6(16)5-15/h2-5H2,1H3,(H,11,16). The van der Waals surface area contributed by atoms with Gasteiger partial charge < -0.3 is 15.0 Å². The molecule has 2 heterocycles. The van der Waals surface area contributed by atoms with E-state index in [1.54, 1.807) is 4.90 Å². The molecule has 1 aromatic rings. The number of hydrogen-bond donors (Lipinski definition) is 1. The quantitative estimate of drug-likeness (QED) is 0.794. The molecule has 0 saturated carbocycles. The van der Waals surface area contributed by atoms with Gasteiger partial charge in [0.25, 0.3) is 0 Å². The average Bonchev–Trinajstić information content (AvgIpc) is 2.53. The molecule has 0 atom stereocenters. The van der Waals surface area contributed by atoms with E-state index in [-0.39, 0.29) is 23.7 Å². The summed E-state index contributed by atoms with van der Waals surface area (Å²) in [6.07, 6.45) is 0.831. The van der Waals surface area contributed by atoms with Crippen molar-refractivity contribution in [3.63, 3.8) is 0 Å². The third-order valence-corrected chi connectivity index (χ3v) is 2.47. The maximum Gasteiger partial charge on any atom is 0.322 e. The Labute approximate surface area is 103 Å². The van der Waals surface area contributed by atoms with Gasteiger partial charge in [0.15, 0.2) is 0 Å². The summed E-state index contributed by atoms with van der Waals surface area (Å²) in [4.78, 5) is 25.0. The zero-order chi connectivity index (χ0) is 12.3. The second-order valence-electron chi connectivity index (χ2n) is 3.52. The van der Waals surface area contributed by atoms with Crippen LogP contribution in [-0.2, 0) is 4.79 Å². The van der Waals surface area contributed by atoms with Crippen molar-refractivity contribution in [1.82, 2.24) is 20.3 Å². The molecule has 2 rings (SSSR count). The van der Waals surface area contributed by atoms with Crippen LogP contribution in [0.3, 0.4) is 0 Å². The Morgan fingerprint density at radius 3 is 3.00 bits per heavy atom. The van der Waals surface area contributed by atoms with Gasteiger partial charge in [-0.05, 0) is 18.0 Å². The molecule has 0 bridgehead atoms. The van der Waals surface area contributed by atoms with Crippen LogP contribution in [0.15, 0.2) is 0 Å². The number of aromatic nitrogens is 3. The molecular formula is C9H12ClN5O2. The van der Waals surface area contributed by atoms with Crippen LogP contribution in [0, 0.1) is 0 Å². The molecule has 1 aromatic heterocycles. The second kappa shape index (κ2) is 5.13. The van der Waals surface area contributed by atoms with Crippen LogP contribution in [0.4, 0.5) is 5.95 Å². The van der Waals surface area contributed by atoms with Crippen molar-refractivity contribution in [2.45, 2.75) is 6.42 Å². The van der Waals surface area contributed by atoms with Gasteiger partial charge in [0, 0.05) is 13.1 Å². The summed E-state index contributed by atoms with van der Waals surface area (Å²) in [5.41, 5.74) is 0. The number of methoxy groups -OCH3 is 1. The Balaban J connectivity index is 2.25. The number of ether oxygens (including phenoxy) is 1. The second-order valence-corrected chi connectivity index (χ2v) is 3.85. The number of hydrogen-bond acceptors (Lipinski definition) is 6. The van der Waals surface area contributed by atoms with E-state index in [4.69, 9.17) is 16.3 Å². The van der Waals surface area contributed by atoms with Crippen molar-refractivity contribution in [1.29, 1.82) is 0 Å². The fraction of sp³-hybridized carbons (Fsp3) is 0.556. The molecule has 92 valence electrons. The number of carbonyl (C=O) groups is 1. The maximum atomic E-state index is 11.4. The van der Waals surface area contributed by atoms with Crippen LogP contribution < -0.4 is 15.0 Å². The number of carbonyl (C=O) groups excluding carboxylic acids is 1. The first-order valence-corrected chi connectivity index (χ1v) is 5.54. The van der Waals surface area contributed by atoms with Crippen molar-refractivity contribution in [3.05, 3.63) is 5.28 Å². The summed E-state index contributed by atoms with van der Waals surface area (Å²) in [5.74, 6) is 0.303. The van der Waals surface area contributed by atoms with Crippen molar-refractivity contribution >= 4 is 23.5 Å². The first kappa shape index (κ1) is 11.8. The highest BCUT2D eigenvalue weighted by Gasteiger charge is 2.18. The monoisotopic (exact) mass is 257 g/mol. The number of halogens is 1. The third kappa shape index (κ3) is 2.94. The zero-order valence-electron chi connectivity index (χ0n) is 9.31. The molecule has 1 fully saturated rings. The lowest BCUT2D eigenvalue weighted by molar-refractivity contribution is -0.119. The highest BCUT2D eigenvalue weighted by atomic mass is 35.5. The number of nitrogens with zero attached hydrogens (tertiary/aromatic N) is 4. The summed E-state index contributed by atoms with van der Waals surface area (Å²) in [6, 6.07) is 0.143. The number of rotatable bonds is 2. The van der Waals surface area contributed by atoms with Crippen LogP contribution in [-0.4, -0.2) is 47.6 Å². The van der Waals surface area contributed by atoms with Crippen molar-refractivity contribution in [2.75, 3.05) is 31.6 Å². The molecule has 1 aliphatic heterocycles. The summed E-state index contributed by atoms with van der Waals surface area (Å²) in [7, 11) is 1.45. The van der Waals surface area contributed by atoms with E-state index >= 15 is 0 Å². The fourth-order valence-electron chi connectivity index (χ4n) is 1.53. The molecule has 0 aromatic carbocycles. The first-order chi connectivity index (χ1) is 8.19. The molecule has 0 spiro atoms. The zero-order valence-corrected chi connectivity index (χ0v) is 10.1. The minimum atomic E-state index is -0.0574. The average molecular weight is 258 g/mol. The fourth-order valence-corrected chi connectivity index (χ4v) is 1.68. The molecule has 8 heteroatoms. The summed E-state index contributed by atoms with van der Waals surface area (Å²) >= 11 is 5.76. The van der Waals surface area contributed by atoms with Gasteiger partial charge in [-0.3, -0.25) is 4.79 Å². The van der Waals surface area contributed by atoms with E-state index in [9.17, 15) is 4.79 Å². The van der Waals surface area contributed by atoms with E-state index in [1.165, 1.54) is 7.11 Å². The van der Waals surface area contributed by atoms with Crippen LogP contribution in [0.5, 0.6) is 6.01 Å². The van der Waals surface area contributed by atoms with E-state index in [0.29, 0.717) is 19.0 Å². The van der Waals surface area contributed by atoms with Gasteiger partial charge in [0.1, 0.15) is 0 Å². The summed E-state index contributed by atoms with van der Waals surface area (Å²) < 4.78 is 4.91. The molecule has 1 amide bonds. The van der Waals surface area contributed by atoms with Gasteiger partial charge in [0.05, 0.1) is 13.7 Å². The van der Waals surface area contributed by atoms with Crippen LogP contribution in [0.2, 0.25) is 5.28 Å². The van der Waals surface area contributed by atoms with Crippen LogP contribution >= 0.6 is 11.6 Å². The lowest BCUT2D eigenvalue weighted by atomic mass is 10.4. The van der Waals surface area contributed by atoms with Gasteiger partial charge in [-0.15, -0.1) is 0 Å². The van der Waals surface area contributed by atoms with Gasteiger partial charge in [-0.25, -0.2) is 0 Å². The highest BCUT2D eigenvalue weighted by molar-refractivity contribution is 6.28. The van der Waals surface area contributed by atoms with Crippen molar-refractivity contribution in [2.24, 2.45) is 0 Å². The summed E-state index contributed by atoms with van der Waals surface area (Å²) in [6.45, 7) is 1.55. The molecule has 0 aliphatic carbocycles. The Hall–Kier alpha value is -1.63. The lowest BCUT2D eigenvalue weighted by Crippen LogP contribution is -2.34. The molecule has 0 radical (unpaired) electrons. The van der Waals surface area contributed by atoms with Crippen LogP contribution in [0.25, 0.3) is 0 Å². The third-order valence-electron chi connectivity index (χ3n) is 2.30. The Bertz CT molecular complexity index is 428. The van der Waals surface area contributed by atoms with E-state index in [1.807, 2.05) is 0 Å². The number of nitrogens with one attached hydrogen (secondary N) is 1. The molecule has 1 N–H and O–H groups in total. The van der Waals surface area contributed by atoms with E-state index < -0.39 is 0 Å². The molecule has 17 heavy (non-hydrogen) atoms. The lowest BCUT2D eigenvalue weighted by Gasteiger charge is -2.18. The molecule has 0 unspecified atom stereocenters. The van der Waals surface area contributed by atoms with Crippen LogP contribution in [0.1, 0.15) is 6.42 Å². The molecule has 1 aliphatic rings. The Morgan fingerprint density at radius 2 is 2.24 bits per heavy atom. The molecule has 7 nitrogen and oxygen atoms in total. The normalized spacial score (nSPS) is 16.4. The predicted molar refractivity (Wildman–Crippen MR) is 61.2 cm³/mol. The van der Waals surface area contributed by atoms with Crippen molar-refractivity contribution < 1.29 is 9.53 Å². The SMILES string of the molecule is COc1nc(Cl)nc(N2CCCNC(=O)C2)n1. The van der Waals surface area contributed by atoms with Gasteiger partial charge in [-0.2, -0.15) is 15.0 Å². The van der Waals surface area contributed by atoms with Gasteiger partial charge in [0.2, 0.25) is 17.1 Å². The predicted octanol–water partition coefficient (Wildman–Crippen LogP) is -0.140. The Morgan fingerprint density at radius 1 is 1.41 bits per heavy atom. The first-order valence-electron chi connectivity index (χ1n) is 5.16. The van der Waals surface area contributed by atoms with Gasteiger partial charge in [-0.1, -0.05) is 0 Å². The minimum Gasteiger partial charge on any atom is -0.467 e. The summed E-state index contributed by atoms with van der Waals surface area (Å²) in [5, 5.41) is 2.82. The molecular weight excluding hydrogens is 246 g/mol. The largest absolute Gasteiger partial charge is 0.467 e.